The summed E-state index contributed by atoms with van der Waals surface area (Å²) in [7, 11) is 0. The van der Waals surface area contributed by atoms with E-state index in [9.17, 15) is 4.79 Å². The monoisotopic (exact) mass is 238 g/mol. The maximum absolute atomic E-state index is 11.1. The van der Waals surface area contributed by atoms with Gasteiger partial charge in [-0.1, -0.05) is 20.3 Å². The second kappa shape index (κ2) is 5.47. The zero-order valence-electron chi connectivity index (χ0n) is 10.3. The minimum Gasteiger partial charge on any atom is -0.480 e. The highest BCUT2D eigenvalue weighted by Crippen LogP contribution is 2.15. The third-order valence-electron chi connectivity index (χ3n) is 2.65. The van der Waals surface area contributed by atoms with Crippen molar-refractivity contribution in [2.24, 2.45) is 5.92 Å². The Bertz CT molecular complexity index is 388. The standard InChI is InChI=1S/C11H18N4O2/c1-4-6(2)9(10(16)17)14-8-5-7(3)13-11(12)15-8/h5-6,9H,4H2,1-3H3,(H,16,17)(H3,12,13,14,15). The number of aliphatic carboxylic acids is 1. The van der Waals surface area contributed by atoms with Gasteiger partial charge in [-0.05, 0) is 12.8 Å². The van der Waals surface area contributed by atoms with Crippen LogP contribution in [0.4, 0.5) is 11.8 Å². The van der Waals surface area contributed by atoms with E-state index in [1.54, 1.807) is 13.0 Å². The van der Waals surface area contributed by atoms with Gasteiger partial charge in [0, 0.05) is 11.8 Å². The van der Waals surface area contributed by atoms with Gasteiger partial charge in [0.25, 0.3) is 0 Å². The molecule has 17 heavy (non-hydrogen) atoms. The highest BCUT2D eigenvalue weighted by atomic mass is 16.4. The van der Waals surface area contributed by atoms with E-state index >= 15 is 0 Å². The number of nitrogens with two attached hydrogens (primary N) is 1. The second-order valence-electron chi connectivity index (χ2n) is 4.10. The number of carboxylic acids is 1. The number of aromatic nitrogens is 2. The van der Waals surface area contributed by atoms with E-state index < -0.39 is 12.0 Å². The molecule has 0 radical (unpaired) electrons. The van der Waals surface area contributed by atoms with Gasteiger partial charge in [0.05, 0.1) is 0 Å². The lowest BCUT2D eigenvalue weighted by Crippen LogP contribution is -2.35. The minimum absolute atomic E-state index is 0.00370. The Hall–Kier alpha value is -1.85. The fraction of sp³-hybridized carbons (Fsp3) is 0.545. The molecule has 0 saturated carbocycles. The molecule has 0 aromatic carbocycles. The molecule has 0 aliphatic rings. The Labute approximate surface area is 100 Å². The zero-order valence-corrected chi connectivity index (χ0v) is 10.3. The molecule has 0 spiro atoms. The second-order valence-corrected chi connectivity index (χ2v) is 4.10. The van der Waals surface area contributed by atoms with E-state index in [1.165, 1.54) is 0 Å². The van der Waals surface area contributed by atoms with Crippen molar-refractivity contribution in [2.45, 2.75) is 33.2 Å². The van der Waals surface area contributed by atoms with Crippen molar-refractivity contribution < 1.29 is 9.90 Å². The summed E-state index contributed by atoms with van der Waals surface area (Å²) in [6.45, 7) is 5.60. The van der Waals surface area contributed by atoms with Gasteiger partial charge >= 0.3 is 5.97 Å². The summed E-state index contributed by atoms with van der Waals surface area (Å²) in [4.78, 5) is 19.0. The van der Waals surface area contributed by atoms with E-state index in [-0.39, 0.29) is 11.9 Å². The maximum atomic E-state index is 11.1. The number of carboxylic acid groups (broad SMARTS) is 1. The number of nitrogen functional groups attached to an aromatic ring is 1. The fourth-order valence-corrected chi connectivity index (χ4v) is 1.51. The minimum atomic E-state index is -0.894. The molecule has 0 aliphatic carbocycles. The van der Waals surface area contributed by atoms with Crippen LogP contribution in [0.15, 0.2) is 6.07 Å². The first kappa shape index (κ1) is 13.2. The van der Waals surface area contributed by atoms with E-state index in [4.69, 9.17) is 10.8 Å². The smallest absolute Gasteiger partial charge is 0.326 e. The van der Waals surface area contributed by atoms with Gasteiger partial charge in [0.1, 0.15) is 11.9 Å². The van der Waals surface area contributed by atoms with Crippen molar-refractivity contribution in [3.63, 3.8) is 0 Å². The zero-order chi connectivity index (χ0) is 13.0. The van der Waals surface area contributed by atoms with Crippen molar-refractivity contribution in [1.29, 1.82) is 0 Å². The summed E-state index contributed by atoms with van der Waals surface area (Å²) < 4.78 is 0. The van der Waals surface area contributed by atoms with E-state index in [2.05, 4.69) is 15.3 Å². The Balaban J connectivity index is 2.89. The van der Waals surface area contributed by atoms with Crippen LogP contribution in [0, 0.1) is 12.8 Å². The number of carbonyl (C=O) groups is 1. The molecule has 0 aliphatic heterocycles. The number of rotatable bonds is 5. The third-order valence-corrected chi connectivity index (χ3v) is 2.65. The molecule has 0 bridgehead atoms. The molecule has 1 rings (SSSR count). The van der Waals surface area contributed by atoms with Gasteiger partial charge in [-0.25, -0.2) is 9.78 Å². The van der Waals surface area contributed by atoms with E-state index in [0.29, 0.717) is 11.5 Å². The Morgan fingerprint density at radius 3 is 2.71 bits per heavy atom. The molecule has 2 atom stereocenters. The Morgan fingerprint density at radius 1 is 1.59 bits per heavy atom. The molecule has 6 heteroatoms. The Kier molecular flexibility index (Phi) is 4.25. The highest BCUT2D eigenvalue weighted by Gasteiger charge is 2.23. The number of anilines is 2. The summed E-state index contributed by atoms with van der Waals surface area (Å²) in [5.41, 5.74) is 6.21. The molecule has 1 heterocycles. The molecule has 1 aromatic heterocycles. The summed E-state index contributed by atoms with van der Waals surface area (Å²) >= 11 is 0. The molecule has 2 unspecified atom stereocenters. The summed E-state index contributed by atoms with van der Waals surface area (Å²) in [5.74, 6) is -0.304. The number of nitrogens with zero attached hydrogens (tertiary/aromatic N) is 2. The average Bonchev–Trinajstić information content (AvgIpc) is 2.23. The lowest BCUT2D eigenvalue weighted by Gasteiger charge is -2.20. The predicted octanol–water partition coefficient (Wildman–Crippen LogP) is 1.28. The van der Waals surface area contributed by atoms with E-state index in [1.807, 2.05) is 13.8 Å². The van der Waals surface area contributed by atoms with Crippen LogP contribution in [-0.4, -0.2) is 27.1 Å². The number of nitrogens with one attached hydrogen (secondary N) is 1. The molecular formula is C11H18N4O2. The van der Waals surface area contributed by atoms with Crippen LogP contribution < -0.4 is 11.1 Å². The topological polar surface area (TPSA) is 101 Å². The van der Waals surface area contributed by atoms with Crippen LogP contribution in [0.25, 0.3) is 0 Å². The first-order valence-corrected chi connectivity index (χ1v) is 5.54. The fourth-order valence-electron chi connectivity index (χ4n) is 1.51. The molecular weight excluding hydrogens is 220 g/mol. The normalized spacial score (nSPS) is 14.1. The lowest BCUT2D eigenvalue weighted by molar-refractivity contribution is -0.139. The third kappa shape index (κ3) is 3.58. The summed E-state index contributed by atoms with van der Waals surface area (Å²) in [6.07, 6.45) is 0.767. The van der Waals surface area contributed by atoms with Crippen molar-refractivity contribution in [2.75, 3.05) is 11.1 Å². The Morgan fingerprint density at radius 2 is 2.24 bits per heavy atom. The van der Waals surface area contributed by atoms with E-state index in [0.717, 1.165) is 6.42 Å². The first-order chi connectivity index (χ1) is 7.93. The van der Waals surface area contributed by atoms with Crippen LogP contribution in [0.3, 0.4) is 0 Å². The number of hydrogen-bond donors (Lipinski definition) is 3. The van der Waals surface area contributed by atoms with Crippen LogP contribution in [0.5, 0.6) is 0 Å². The van der Waals surface area contributed by atoms with Gasteiger partial charge in [-0.3, -0.25) is 0 Å². The molecule has 94 valence electrons. The van der Waals surface area contributed by atoms with Gasteiger partial charge in [0.15, 0.2) is 0 Å². The molecule has 0 saturated heterocycles. The van der Waals surface area contributed by atoms with Gasteiger partial charge < -0.3 is 16.2 Å². The maximum Gasteiger partial charge on any atom is 0.326 e. The van der Waals surface area contributed by atoms with Crippen LogP contribution in [0.1, 0.15) is 26.0 Å². The van der Waals surface area contributed by atoms with Crippen molar-refractivity contribution >= 4 is 17.7 Å². The molecule has 6 nitrogen and oxygen atoms in total. The van der Waals surface area contributed by atoms with Gasteiger partial charge in [-0.15, -0.1) is 0 Å². The number of aryl methyl sites for hydroxylation is 1. The average molecular weight is 238 g/mol. The number of hydrogen-bond acceptors (Lipinski definition) is 5. The molecule has 0 fully saturated rings. The summed E-state index contributed by atoms with van der Waals surface area (Å²) in [5, 5.41) is 12.0. The van der Waals surface area contributed by atoms with Crippen LogP contribution >= 0.6 is 0 Å². The van der Waals surface area contributed by atoms with Crippen LogP contribution in [-0.2, 0) is 4.79 Å². The largest absolute Gasteiger partial charge is 0.480 e. The molecule has 4 N–H and O–H groups in total. The molecule has 0 amide bonds. The molecule has 1 aromatic rings. The van der Waals surface area contributed by atoms with Crippen molar-refractivity contribution in [1.82, 2.24) is 9.97 Å². The van der Waals surface area contributed by atoms with Crippen molar-refractivity contribution in [3.8, 4) is 0 Å². The highest BCUT2D eigenvalue weighted by molar-refractivity contribution is 5.77. The SMILES string of the molecule is CCC(C)C(Nc1cc(C)nc(N)n1)C(=O)O. The van der Waals surface area contributed by atoms with Gasteiger partial charge in [0.2, 0.25) is 5.95 Å². The lowest BCUT2D eigenvalue weighted by atomic mass is 9.99. The first-order valence-electron chi connectivity index (χ1n) is 5.54. The van der Waals surface area contributed by atoms with Crippen molar-refractivity contribution in [3.05, 3.63) is 11.8 Å². The predicted molar refractivity (Wildman–Crippen MR) is 65.7 cm³/mol. The summed E-state index contributed by atoms with van der Waals surface area (Å²) in [6, 6.07) is 1.00. The van der Waals surface area contributed by atoms with Gasteiger partial charge in [-0.2, -0.15) is 4.98 Å². The quantitative estimate of drug-likeness (QED) is 0.714. The van der Waals surface area contributed by atoms with Crippen LogP contribution in [0.2, 0.25) is 0 Å².